The maximum atomic E-state index is 12.7. The molecule has 7 nitrogen and oxygen atoms in total. The third kappa shape index (κ3) is 4.39. The molecule has 34 heavy (non-hydrogen) atoms. The summed E-state index contributed by atoms with van der Waals surface area (Å²) in [6.07, 6.45) is 3.59. The molecule has 0 radical (unpaired) electrons. The van der Waals surface area contributed by atoms with Crippen molar-refractivity contribution in [1.82, 2.24) is 10.6 Å². The number of hydrogen-bond acceptors (Lipinski definition) is 4. The number of carboxylic acid groups (broad SMARTS) is 1. The molecule has 0 aromatic heterocycles. The van der Waals surface area contributed by atoms with Crippen LogP contribution in [0.1, 0.15) is 55.6 Å². The molecule has 0 heterocycles. The molecule has 4 atom stereocenters. The Labute approximate surface area is 198 Å². The average Bonchev–Trinajstić information content (AvgIpc) is 3.56. The number of carbonyl (C=O) groups is 3. The molecule has 0 bridgehead atoms. The number of ether oxygens (including phenoxy) is 1. The van der Waals surface area contributed by atoms with Crippen LogP contribution in [-0.4, -0.2) is 41.8 Å². The number of benzene rings is 2. The van der Waals surface area contributed by atoms with E-state index in [1.807, 2.05) is 24.3 Å². The highest BCUT2D eigenvalue weighted by molar-refractivity contribution is 5.81. The summed E-state index contributed by atoms with van der Waals surface area (Å²) in [5.74, 6) is -1.65. The molecule has 0 spiro atoms. The van der Waals surface area contributed by atoms with E-state index in [1.54, 1.807) is 0 Å². The number of amides is 2. The zero-order valence-corrected chi connectivity index (χ0v) is 19.0. The number of carbonyl (C=O) groups excluding carboxylic acids is 2. The Morgan fingerprint density at radius 1 is 0.882 bits per heavy atom. The van der Waals surface area contributed by atoms with Gasteiger partial charge in [-0.3, -0.25) is 9.59 Å². The third-order valence-corrected chi connectivity index (χ3v) is 7.63. The Morgan fingerprint density at radius 2 is 1.56 bits per heavy atom. The van der Waals surface area contributed by atoms with Gasteiger partial charge >= 0.3 is 12.1 Å². The fraction of sp³-hybridized carbons (Fsp3) is 0.444. The molecule has 2 fully saturated rings. The summed E-state index contributed by atoms with van der Waals surface area (Å²) in [4.78, 5) is 36.6. The second-order valence-corrected chi connectivity index (χ2v) is 9.67. The summed E-state index contributed by atoms with van der Waals surface area (Å²) < 4.78 is 5.63. The molecule has 3 aliphatic carbocycles. The van der Waals surface area contributed by atoms with E-state index in [1.165, 1.54) is 22.3 Å². The predicted molar refractivity (Wildman–Crippen MR) is 126 cm³/mol. The fourth-order valence-electron chi connectivity index (χ4n) is 5.89. The quantitative estimate of drug-likeness (QED) is 0.600. The van der Waals surface area contributed by atoms with Crippen molar-refractivity contribution in [3.8, 4) is 11.1 Å². The molecule has 0 aliphatic heterocycles. The minimum Gasteiger partial charge on any atom is -0.481 e. The van der Waals surface area contributed by atoms with E-state index in [2.05, 4.69) is 34.9 Å². The van der Waals surface area contributed by atoms with Crippen LogP contribution in [0.15, 0.2) is 48.5 Å². The van der Waals surface area contributed by atoms with E-state index in [4.69, 9.17) is 4.74 Å². The zero-order chi connectivity index (χ0) is 23.7. The number of rotatable bonds is 6. The first-order valence-electron chi connectivity index (χ1n) is 12.2. The summed E-state index contributed by atoms with van der Waals surface area (Å²) in [5.41, 5.74) is 4.70. The van der Waals surface area contributed by atoms with Crippen LogP contribution in [0.3, 0.4) is 0 Å². The van der Waals surface area contributed by atoms with E-state index in [0.717, 1.165) is 6.42 Å². The van der Waals surface area contributed by atoms with Gasteiger partial charge in [0.1, 0.15) is 6.61 Å². The summed E-state index contributed by atoms with van der Waals surface area (Å²) in [7, 11) is 0. The maximum absolute atomic E-state index is 12.7. The van der Waals surface area contributed by atoms with Gasteiger partial charge in [0.05, 0.1) is 5.92 Å². The van der Waals surface area contributed by atoms with Gasteiger partial charge in [-0.05, 0) is 54.4 Å². The predicted octanol–water partition coefficient (Wildman–Crippen LogP) is 4.06. The molecule has 3 N–H and O–H groups in total. The molecule has 2 aromatic carbocycles. The first-order chi connectivity index (χ1) is 16.5. The Bertz CT molecular complexity index is 1050. The van der Waals surface area contributed by atoms with Gasteiger partial charge < -0.3 is 20.5 Å². The van der Waals surface area contributed by atoms with Crippen molar-refractivity contribution in [2.24, 2.45) is 11.8 Å². The van der Waals surface area contributed by atoms with E-state index in [-0.39, 0.29) is 36.4 Å². The minimum atomic E-state index is -0.843. The standard InChI is InChI=1S/C27H30N2O5/c30-25(29-24-11-5-10-22(24)26(31)32)16-12-13-17(14-16)28-27(33)34-15-23-20-8-3-1-6-18(20)19-7-2-4-9-21(19)23/h1-4,6-9,16-17,22-24H,5,10-15H2,(H,28,33)(H,29,30)(H,31,32)/t16?,17?,22-,24+/m0/s1. The summed E-state index contributed by atoms with van der Waals surface area (Å²) in [6, 6.07) is 16.0. The van der Waals surface area contributed by atoms with Crippen molar-refractivity contribution >= 4 is 18.0 Å². The second kappa shape index (κ2) is 9.49. The number of fused-ring (bicyclic) bond motifs is 3. The maximum Gasteiger partial charge on any atom is 0.407 e. The van der Waals surface area contributed by atoms with Gasteiger partial charge in [0, 0.05) is 23.9 Å². The molecular weight excluding hydrogens is 432 g/mol. The number of aliphatic carboxylic acids is 1. The highest BCUT2D eigenvalue weighted by Gasteiger charge is 2.37. The monoisotopic (exact) mass is 462 g/mol. The van der Waals surface area contributed by atoms with Crippen molar-refractivity contribution in [3.63, 3.8) is 0 Å². The number of carboxylic acids is 1. The zero-order valence-electron chi connectivity index (χ0n) is 19.0. The lowest BCUT2D eigenvalue weighted by atomic mass is 9.98. The van der Waals surface area contributed by atoms with Gasteiger partial charge in [0.15, 0.2) is 0 Å². The summed E-state index contributed by atoms with van der Waals surface area (Å²) in [5, 5.41) is 15.2. The van der Waals surface area contributed by atoms with Crippen molar-refractivity contribution in [2.45, 2.75) is 56.5 Å². The lowest BCUT2D eigenvalue weighted by Crippen LogP contribution is -2.43. The molecular formula is C27H30N2O5. The molecule has 5 rings (SSSR count). The largest absolute Gasteiger partial charge is 0.481 e. The van der Waals surface area contributed by atoms with Gasteiger partial charge in [0.2, 0.25) is 5.91 Å². The van der Waals surface area contributed by atoms with Crippen molar-refractivity contribution in [3.05, 3.63) is 59.7 Å². The van der Waals surface area contributed by atoms with Gasteiger partial charge in [-0.25, -0.2) is 4.79 Å². The van der Waals surface area contributed by atoms with Crippen LogP contribution in [0.25, 0.3) is 11.1 Å². The van der Waals surface area contributed by atoms with E-state index in [9.17, 15) is 19.5 Å². The Kier molecular flexibility index (Phi) is 6.26. The van der Waals surface area contributed by atoms with Gasteiger partial charge in [-0.1, -0.05) is 55.0 Å². The molecule has 3 aliphatic rings. The molecule has 2 aromatic rings. The molecule has 7 heteroatoms. The van der Waals surface area contributed by atoms with Crippen LogP contribution in [0, 0.1) is 11.8 Å². The molecule has 2 saturated carbocycles. The third-order valence-electron chi connectivity index (χ3n) is 7.63. The van der Waals surface area contributed by atoms with Crippen molar-refractivity contribution in [1.29, 1.82) is 0 Å². The van der Waals surface area contributed by atoms with Crippen LogP contribution < -0.4 is 10.6 Å². The average molecular weight is 463 g/mol. The number of nitrogens with one attached hydrogen (secondary N) is 2. The van der Waals surface area contributed by atoms with E-state index < -0.39 is 18.0 Å². The highest BCUT2D eigenvalue weighted by Crippen LogP contribution is 2.44. The van der Waals surface area contributed by atoms with Gasteiger partial charge in [-0.2, -0.15) is 0 Å². The lowest BCUT2D eigenvalue weighted by Gasteiger charge is -2.20. The lowest BCUT2D eigenvalue weighted by molar-refractivity contribution is -0.142. The van der Waals surface area contributed by atoms with Crippen LogP contribution in [0.2, 0.25) is 0 Å². The van der Waals surface area contributed by atoms with Crippen LogP contribution in [0.5, 0.6) is 0 Å². The van der Waals surface area contributed by atoms with E-state index in [0.29, 0.717) is 32.1 Å². The van der Waals surface area contributed by atoms with Crippen LogP contribution >= 0.6 is 0 Å². The van der Waals surface area contributed by atoms with Crippen LogP contribution in [0.4, 0.5) is 4.79 Å². The van der Waals surface area contributed by atoms with Crippen molar-refractivity contribution < 1.29 is 24.2 Å². The summed E-state index contributed by atoms with van der Waals surface area (Å²) in [6.45, 7) is 0.259. The minimum absolute atomic E-state index is 0.00819. The second-order valence-electron chi connectivity index (χ2n) is 9.67. The Hall–Kier alpha value is -3.35. The van der Waals surface area contributed by atoms with Crippen molar-refractivity contribution in [2.75, 3.05) is 6.61 Å². The first-order valence-corrected chi connectivity index (χ1v) is 12.2. The van der Waals surface area contributed by atoms with Crippen LogP contribution in [-0.2, 0) is 14.3 Å². The van der Waals surface area contributed by atoms with E-state index >= 15 is 0 Å². The molecule has 2 unspecified atom stereocenters. The molecule has 0 saturated heterocycles. The highest BCUT2D eigenvalue weighted by atomic mass is 16.5. The SMILES string of the molecule is O=C(NC1CCC(C(=O)N[C@@H]2CCC[C@@H]2C(=O)O)C1)OCC1c2ccccc2-c2ccccc21. The Balaban J connectivity index is 1.12. The smallest absolute Gasteiger partial charge is 0.407 e. The number of alkyl carbamates (subject to hydrolysis) is 1. The normalized spacial score (nSPS) is 25.4. The first kappa shape index (κ1) is 22.4. The topological polar surface area (TPSA) is 105 Å². The summed E-state index contributed by atoms with van der Waals surface area (Å²) >= 11 is 0. The van der Waals surface area contributed by atoms with Gasteiger partial charge in [0.25, 0.3) is 0 Å². The molecule has 2 amide bonds. The van der Waals surface area contributed by atoms with Gasteiger partial charge in [-0.15, -0.1) is 0 Å². The fourth-order valence-corrected chi connectivity index (χ4v) is 5.89. The number of hydrogen-bond donors (Lipinski definition) is 3. The Morgan fingerprint density at radius 3 is 2.24 bits per heavy atom. The molecule has 178 valence electrons.